The van der Waals surface area contributed by atoms with E-state index in [0.29, 0.717) is 5.92 Å². The molecule has 0 saturated heterocycles. The zero-order valence-corrected chi connectivity index (χ0v) is 17.4. The molecule has 0 amide bonds. The molecule has 0 N–H and O–H groups in total. The summed E-state index contributed by atoms with van der Waals surface area (Å²) in [7, 11) is 2.29. The molecule has 1 saturated carbocycles. The van der Waals surface area contributed by atoms with Crippen LogP contribution in [0.4, 0.5) is 5.69 Å². The fraction of sp³-hybridized carbons (Fsp3) is 0.333. The van der Waals surface area contributed by atoms with Gasteiger partial charge in [0.15, 0.2) is 0 Å². The summed E-state index contributed by atoms with van der Waals surface area (Å²) in [6, 6.07) is 25.5. The van der Waals surface area contributed by atoms with Gasteiger partial charge < -0.3 is 9.64 Å². The quantitative estimate of drug-likeness (QED) is 0.467. The highest BCUT2D eigenvalue weighted by Gasteiger charge is 2.46. The van der Waals surface area contributed by atoms with Crippen molar-refractivity contribution in [2.24, 2.45) is 0 Å². The van der Waals surface area contributed by atoms with E-state index >= 15 is 0 Å². The second-order valence-electron chi connectivity index (χ2n) is 8.78. The van der Waals surface area contributed by atoms with Crippen LogP contribution in [0, 0.1) is 0 Å². The summed E-state index contributed by atoms with van der Waals surface area (Å²) in [4.78, 5) is 2.55. The Balaban J connectivity index is 1.43. The van der Waals surface area contributed by atoms with Crippen LogP contribution < -0.4 is 9.64 Å². The fourth-order valence-electron chi connectivity index (χ4n) is 5.32. The molecule has 2 atom stereocenters. The SMILES string of the molecule is CN1c2ccc(-c3ccc(Oc4ccccc4)cc3)cc2[C@@H]2CCCCC[C@]21C. The van der Waals surface area contributed by atoms with Crippen molar-refractivity contribution < 1.29 is 4.74 Å². The summed E-state index contributed by atoms with van der Waals surface area (Å²) in [5.41, 5.74) is 5.78. The van der Waals surface area contributed by atoms with Gasteiger partial charge >= 0.3 is 0 Å². The molecule has 3 aromatic rings. The number of fused-ring (bicyclic) bond motifs is 3. The van der Waals surface area contributed by atoms with Gasteiger partial charge in [-0.15, -0.1) is 0 Å². The Bertz CT molecular complexity index is 995. The number of anilines is 1. The summed E-state index contributed by atoms with van der Waals surface area (Å²) >= 11 is 0. The van der Waals surface area contributed by atoms with Gasteiger partial charge in [0.05, 0.1) is 0 Å². The molecule has 1 fully saturated rings. The zero-order valence-electron chi connectivity index (χ0n) is 17.4. The van der Waals surface area contributed by atoms with Gasteiger partial charge in [-0.2, -0.15) is 0 Å². The number of hydrogen-bond acceptors (Lipinski definition) is 2. The second-order valence-corrected chi connectivity index (χ2v) is 8.78. The van der Waals surface area contributed by atoms with Crippen molar-refractivity contribution in [3.8, 4) is 22.6 Å². The van der Waals surface area contributed by atoms with Gasteiger partial charge in [0.1, 0.15) is 11.5 Å². The first-order valence-corrected chi connectivity index (χ1v) is 10.9. The van der Waals surface area contributed by atoms with Gasteiger partial charge in [0, 0.05) is 24.2 Å². The number of likely N-dealkylation sites (N-methyl/N-ethyl adjacent to an activating group) is 1. The van der Waals surface area contributed by atoms with Crippen molar-refractivity contribution in [3.05, 3.63) is 78.4 Å². The Kier molecular flexibility index (Phi) is 4.58. The van der Waals surface area contributed by atoms with E-state index < -0.39 is 0 Å². The fourth-order valence-corrected chi connectivity index (χ4v) is 5.32. The van der Waals surface area contributed by atoms with Gasteiger partial charge in [-0.25, -0.2) is 0 Å². The first-order valence-electron chi connectivity index (χ1n) is 10.9. The molecule has 5 rings (SSSR count). The molecule has 1 aliphatic heterocycles. The maximum Gasteiger partial charge on any atom is 0.127 e. The highest BCUT2D eigenvalue weighted by atomic mass is 16.5. The summed E-state index contributed by atoms with van der Waals surface area (Å²) in [5, 5.41) is 0. The maximum absolute atomic E-state index is 5.95. The molecule has 1 aliphatic carbocycles. The van der Waals surface area contributed by atoms with Crippen molar-refractivity contribution >= 4 is 5.69 Å². The van der Waals surface area contributed by atoms with E-state index in [2.05, 4.69) is 61.3 Å². The molecule has 0 unspecified atom stereocenters. The summed E-state index contributed by atoms with van der Waals surface area (Å²) in [6.45, 7) is 2.47. The Labute approximate surface area is 174 Å². The Hall–Kier alpha value is -2.74. The first kappa shape index (κ1) is 18.3. The monoisotopic (exact) mass is 383 g/mol. The normalized spacial score (nSPS) is 23.2. The van der Waals surface area contributed by atoms with Gasteiger partial charge in [-0.1, -0.05) is 55.7 Å². The van der Waals surface area contributed by atoms with Crippen LogP contribution >= 0.6 is 0 Å². The molecule has 29 heavy (non-hydrogen) atoms. The molecule has 0 bridgehead atoms. The van der Waals surface area contributed by atoms with E-state index in [0.717, 1.165) is 11.5 Å². The average Bonchev–Trinajstić information content (AvgIpc) is 2.88. The van der Waals surface area contributed by atoms with Gasteiger partial charge in [-0.05, 0) is 72.9 Å². The summed E-state index contributed by atoms with van der Waals surface area (Å²) in [5.74, 6) is 2.39. The third kappa shape index (κ3) is 3.21. The number of para-hydroxylation sites is 1. The van der Waals surface area contributed by atoms with Crippen molar-refractivity contribution in [3.63, 3.8) is 0 Å². The number of benzene rings is 3. The summed E-state index contributed by atoms with van der Waals surface area (Å²) in [6.07, 6.45) is 6.67. The lowest BCUT2D eigenvalue weighted by molar-refractivity contribution is 0.363. The second kappa shape index (κ2) is 7.26. The molecule has 2 heteroatoms. The Morgan fingerprint density at radius 3 is 2.34 bits per heavy atom. The van der Waals surface area contributed by atoms with Crippen LogP contribution in [0.5, 0.6) is 11.5 Å². The van der Waals surface area contributed by atoms with Crippen molar-refractivity contribution in [1.29, 1.82) is 0 Å². The lowest BCUT2D eigenvalue weighted by atomic mass is 9.79. The predicted molar refractivity (Wildman–Crippen MR) is 121 cm³/mol. The minimum atomic E-state index is 0.269. The standard InChI is InChI=1S/C27H29NO/c1-27-18-8-4-7-11-25(27)24-19-21(14-17-26(24)28(27)2)20-12-15-23(16-13-20)29-22-9-5-3-6-10-22/h3,5-6,9-10,12-17,19,25H,4,7-8,11,18H2,1-2H3/t25-,27+/m0/s1. The van der Waals surface area contributed by atoms with Crippen LogP contribution in [0.25, 0.3) is 11.1 Å². The maximum atomic E-state index is 5.95. The van der Waals surface area contributed by atoms with E-state index in [1.165, 1.54) is 48.9 Å². The van der Waals surface area contributed by atoms with E-state index in [1.54, 1.807) is 5.56 Å². The topological polar surface area (TPSA) is 12.5 Å². The van der Waals surface area contributed by atoms with Crippen LogP contribution in [0.3, 0.4) is 0 Å². The largest absolute Gasteiger partial charge is 0.457 e. The van der Waals surface area contributed by atoms with E-state index in [4.69, 9.17) is 4.74 Å². The third-order valence-corrected chi connectivity index (χ3v) is 7.12. The molecular formula is C27H29NO. The molecule has 2 nitrogen and oxygen atoms in total. The number of hydrogen-bond donors (Lipinski definition) is 0. The van der Waals surface area contributed by atoms with Gasteiger partial charge in [0.2, 0.25) is 0 Å². The van der Waals surface area contributed by atoms with Crippen molar-refractivity contribution in [2.75, 3.05) is 11.9 Å². The van der Waals surface area contributed by atoms with Crippen molar-refractivity contribution in [2.45, 2.75) is 50.5 Å². The Morgan fingerprint density at radius 1 is 0.828 bits per heavy atom. The third-order valence-electron chi connectivity index (χ3n) is 7.12. The van der Waals surface area contributed by atoms with Crippen LogP contribution in [0.1, 0.15) is 50.5 Å². The smallest absolute Gasteiger partial charge is 0.127 e. The number of ether oxygens (including phenoxy) is 1. The van der Waals surface area contributed by atoms with Gasteiger partial charge in [-0.3, -0.25) is 0 Å². The van der Waals surface area contributed by atoms with E-state index in [9.17, 15) is 0 Å². The highest BCUT2D eigenvalue weighted by Crippen LogP contribution is 2.53. The van der Waals surface area contributed by atoms with Crippen LogP contribution in [0.2, 0.25) is 0 Å². The lowest BCUT2D eigenvalue weighted by Crippen LogP contribution is -2.43. The summed E-state index contributed by atoms with van der Waals surface area (Å²) < 4.78 is 5.95. The van der Waals surface area contributed by atoms with E-state index in [1.807, 2.05) is 30.3 Å². The molecule has 0 radical (unpaired) electrons. The predicted octanol–water partition coefficient (Wildman–Crippen LogP) is 7.40. The highest BCUT2D eigenvalue weighted by molar-refractivity contribution is 5.73. The molecule has 0 aromatic heterocycles. The molecule has 0 spiro atoms. The molecule has 1 heterocycles. The average molecular weight is 384 g/mol. The first-order chi connectivity index (χ1) is 14.1. The van der Waals surface area contributed by atoms with Crippen LogP contribution in [0.15, 0.2) is 72.8 Å². The van der Waals surface area contributed by atoms with E-state index in [-0.39, 0.29) is 5.54 Å². The number of rotatable bonds is 3. The molecule has 2 aliphatic rings. The van der Waals surface area contributed by atoms with Gasteiger partial charge in [0.25, 0.3) is 0 Å². The van der Waals surface area contributed by atoms with Crippen LogP contribution in [-0.4, -0.2) is 12.6 Å². The van der Waals surface area contributed by atoms with Crippen molar-refractivity contribution in [1.82, 2.24) is 0 Å². The minimum Gasteiger partial charge on any atom is -0.457 e. The Morgan fingerprint density at radius 2 is 1.55 bits per heavy atom. The lowest BCUT2D eigenvalue weighted by Gasteiger charge is -2.38. The minimum absolute atomic E-state index is 0.269. The number of nitrogens with zero attached hydrogens (tertiary/aromatic N) is 1. The molecule has 148 valence electrons. The molecular weight excluding hydrogens is 354 g/mol. The zero-order chi connectivity index (χ0) is 19.8. The molecule has 3 aromatic carbocycles. The van der Waals surface area contributed by atoms with Crippen LogP contribution in [-0.2, 0) is 0 Å².